The van der Waals surface area contributed by atoms with Crippen molar-refractivity contribution in [3.05, 3.63) is 54.1 Å². The zero-order valence-electron chi connectivity index (χ0n) is 15.7. The Bertz CT molecular complexity index is 958. The number of piperazine rings is 1. The minimum Gasteiger partial charge on any atom is -0.369 e. The smallest absolute Gasteiger partial charge is 0.240 e. The molecule has 0 aliphatic carbocycles. The fraction of sp³-hybridized carbons (Fsp3) is 0.286. The molecule has 0 unspecified atom stereocenters. The van der Waals surface area contributed by atoms with E-state index in [1.54, 1.807) is 6.92 Å². The number of nitrogens with zero attached hydrogens (tertiary/aromatic N) is 3. The van der Waals surface area contributed by atoms with E-state index in [0.717, 1.165) is 47.6 Å². The summed E-state index contributed by atoms with van der Waals surface area (Å²) in [5, 5.41) is 3.57. The number of carbonyl (C=O) groups excluding carboxylic acids is 2. The Kier molecular flexibility index (Phi) is 5.36. The van der Waals surface area contributed by atoms with Crippen LogP contribution < -0.4 is 10.2 Å². The van der Waals surface area contributed by atoms with E-state index in [1.807, 2.05) is 48.5 Å². The van der Waals surface area contributed by atoms with Crippen molar-refractivity contribution in [3.8, 4) is 0 Å². The van der Waals surface area contributed by atoms with Gasteiger partial charge in [0.25, 0.3) is 0 Å². The molecule has 1 aromatic heterocycles. The molecule has 2 aromatic carbocycles. The molecule has 3 aromatic rings. The summed E-state index contributed by atoms with van der Waals surface area (Å²) in [5.74, 6) is 0.0498. The Morgan fingerprint density at radius 2 is 1.75 bits per heavy atom. The molecule has 1 amide bonds. The number of benzene rings is 2. The van der Waals surface area contributed by atoms with E-state index in [4.69, 9.17) is 0 Å². The molecule has 0 spiro atoms. The van der Waals surface area contributed by atoms with Gasteiger partial charge >= 0.3 is 0 Å². The second-order valence-corrected chi connectivity index (χ2v) is 7.93. The summed E-state index contributed by atoms with van der Waals surface area (Å²) in [6, 6.07) is 15.6. The molecule has 7 heteroatoms. The fourth-order valence-electron chi connectivity index (χ4n) is 3.36. The summed E-state index contributed by atoms with van der Waals surface area (Å²) >= 11 is 1.49. The molecule has 1 aliphatic heterocycles. The second-order valence-electron chi connectivity index (χ2n) is 6.90. The van der Waals surface area contributed by atoms with Crippen LogP contribution in [0, 0.1) is 0 Å². The van der Waals surface area contributed by atoms with Crippen LogP contribution in [0.2, 0.25) is 0 Å². The molecule has 0 bridgehead atoms. The van der Waals surface area contributed by atoms with E-state index in [-0.39, 0.29) is 11.7 Å². The molecule has 0 atom stereocenters. The van der Waals surface area contributed by atoms with E-state index < -0.39 is 0 Å². The van der Waals surface area contributed by atoms with Crippen LogP contribution in [0.25, 0.3) is 10.2 Å². The fourth-order valence-corrected chi connectivity index (χ4v) is 4.24. The van der Waals surface area contributed by atoms with Gasteiger partial charge in [0.1, 0.15) is 0 Å². The van der Waals surface area contributed by atoms with Gasteiger partial charge in [0, 0.05) is 37.4 Å². The van der Waals surface area contributed by atoms with Crippen molar-refractivity contribution in [2.45, 2.75) is 6.92 Å². The maximum Gasteiger partial charge on any atom is 0.240 e. The molecule has 28 heavy (non-hydrogen) atoms. The molecular formula is C21H22N4O2S. The van der Waals surface area contributed by atoms with Crippen molar-refractivity contribution in [2.75, 3.05) is 42.9 Å². The maximum absolute atomic E-state index is 12.4. The first kappa shape index (κ1) is 18.6. The number of rotatable bonds is 5. The lowest BCUT2D eigenvalue weighted by Gasteiger charge is -2.35. The number of Topliss-reactive ketones (excluding diaryl/α,β-unsaturated/α-hetero) is 1. The van der Waals surface area contributed by atoms with E-state index in [9.17, 15) is 9.59 Å². The third-order valence-electron chi connectivity index (χ3n) is 4.92. The Labute approximate surface area is 167 Å². The number of fused-ring (bicyclic) bond motifs is 1. The zero-order valence-corrected chi connectivity index (χ0v) is 16.5. The molecule has 2 heterocycles. The van der Waals surface area contributed by atoms with Gasteiger partial charge in [-0.25, -0.2) is 4.98 Å². The summed E-state index contributed by atoms with van der Waals surface area (Å²) in [6.45, 7) is 5.30. The van der Waals surface area contributed by atoms with Gasteiger partial charge in [-0.1, -0.05) is 23.5 Å². The predicted octanol–water partition coefficient (Wildman–Crippen LogP) is 3.26. The van der Waals surface area contributed by atoms with Crippen molar-refractivity contribution < 1.29 is 9.59 Å². The van der Waals surface area contributed by atoms with Gasteiger partial charge in [-0.05, 0) is 43.3 Å². The van der Waals surface area contributed by atoms with E-state index in [1.165, 1.54) is 11.3 Å². The number of thiazole rings is 1. The summed E-state index contributed by atoms with van der Waals surface area (Å²) < 4.78 is 1.07. The lowest BCUT2D eigenvalue weighted by molar-refractivity contribution is -0.117. The summed E-state index contributed by atoms with van der Waals surface area (Å²) in [6.07, 6.45) is 0. The van der Waals surface area contributed by atoms with Gasteiger partial charge < -0.3 is 10.2 Å². The van der Waals surface area contributed by atoms with Gasteiger partial charge in [0.05, 0.1) is 16.8 Å². The van der Waals surface area contributed by atoms with Crippen molar-refractivity contribution >= 4 is 44.1 Å². The number of hydrogen-bond acceptors (Lipinski definition) is 6. The van der Waals surface area contributed by atoms with Crippen molar-refractivity contribution in [3.63, 3.8) is 0 Å². The number of para-hydroxylation sites is 1. The molecule has 1 fully saturated rings. The van der Waals surface area contributed by atoms with Crippen LogP contribution in [0.5, 0.6) is 0 Å². The number of hydrogen-bond donors (Lipinski definition) is 1. The number of anilines is 2. The summed E-state index contributed by atoms with van der Waals surface area (Å²) in [7, 11) is 0. The SMILES string of the molecule is CC(=O)c1ccc(N2CCN(CC(=O)Nc3nc4ccccc4s3)CC2)cc1. The standard InChI is InChI=1S/C21H22N4O2S/c1-15(26)16-6-8-17(9-7-16)25-12-10-24(11-13-25)14-20(27)23-21-22-18-4-2-3-5-19(18)28-21/h2-9H,10-14H2,1H3,(H,22,23,27). The van der Waals surface area contributed by atoms with E-state index in [0.29, 0.717) is 11.7 Å². The van der Waals surface area contributed by atoms with Crippen LogP contribution in [0.1, 0.15) is 17.3 Å². The highest BCUT2D eigenvalue weighted by molar-refractivity contribution is 7.22. The van der Waals surface area contributed by atoms with Crippen molar-refractivity contribution in [1.82, 2.24) is 9.88 Å². The van der Waals surface area contributed by atoms with Gasteiger partial charge in [0.2, 0.25) is 5.91 Å². The lowest BCUT2D eigenvalue weighted by atomic mass is 10.1. The first-order valence-electron chi connectivity index (χ1n) is 9.32. The number of nitrogens with one attached hydrogen (secondary N) is 1. The average Bonchev–Trinajstić information content (AvgIpc) is 3.10. The summed E-state index contributed by atoms with van der Waals surface area (Å²) in [5.41, 5.74) is 2.75. The molecule has 4 rings (SSSR count). The first-order chi connectivity index (χ1) is 13.6. The van der Waals surface area contributed by atoms with Crippen LogP contribution in [0.3, 0.4) is 0 Å². The number of carbonyl (C=O) groups is 2. The highest BCUT2D eigenvalue weighted by atomic mass is 32.1. The van der Waals surface area contributed by atoms with Crippen LogP contribution in [-0.2, 0) is 4.79 Å². The van der Waals surface area contributed by atoms with Gasteiger partial charge in [-0.2, -0.15) is 0 Å². The minimum atomic E-state index is -0.0293. The predicted molar refractivity (Wildman–Crippen MR) is 113 cm³/mol. The Morgan fingerprint density at radius 1 is 1.04 bits per heavy atom. The molecule has 1 N–H and O–H groups in total. The second kappa shape index (κ2) is 8.08. The van der Waals surface area contributed by atoms with Crippen molar-refractivity contribution in [1.29, 1.82) is 0 Å². The molecule has 0 radical (unpaired) electrons. The van der Waals surface area contributed by atoms with E-state index in [2.05, 4.69) is 20.1 Å². The minimum absolute atomic E-state index is 0.0293. The van der Waals surface area contributed by atoms with Gasteiger partial charge in [-0.15, -0.1) is 0 Å². The highest BCUT2D eigenvalue weighted by Gasteiger charge is 2.20. The largest absolute Gasteiger partial charge is 0.369 e. The number of ketones is 1. The quantitative estimate of drug-likeness (QED) is 0.673. The average molecular weight is 395 g/mol. The molecule has 0 saturated carbocycles. The third kappa shape index (κ3) is 4.21. The molecule has 144 valence electrons. The lowest BCUT2D eigenvalue weighted by Crippen LogP contribution is -2.48. The first-order valence-corrected chi connectivity index (χ1v) is 10.1. The monoisotopic (exact) mass is 394 g/mol. The van der Waals surface area contributed by atoms with Crippen LogP contribution in [0.15, 0.2) is 48.5 Å². The van der Waals surface area contributed by atoms with E-state index >= 15 is 0 Å². The zero-order chi connectivity index (χ0) is 19.5. The van der Waals surface area contributed by atoms with Gasteiger partial charge in [-0.3, -0.25) is 14.5 Å². The van der Waals surface area contributed by atoms with Crippen LogP contribution in [-0.4, -0.2) is 54.3 Å². The molecule has 1 aliphatic rings. The third-order valence-corrected chi connectivity index (χ3v) is 5.87. The Morgan fingerprint density at radius 3 is 2.43 bits per heavy atom. The molecule has 1 saturated heterocycles. The van der Waals surface area contributed by atoms with Gasteiger partial charge in [0.15, 0.2) is 10.9 Å². The van der Waals surface area contributed by atoms with Crippen LogP contribution in [0.4, 0.5) is 10.8 Å². The highest BCUT2D eigenvalue weighted by Crippen LogP contribution is 2.25. The number of aromatic nitrogens is 1. The van der Waals surface area contributed by atoms with Crippen LogP contribution >= 0.6 is 11.3 Å². The maximum atomic E-state index is 12.4. The summed E-state index contributed by atoms with van der Waals surface area (Å²) in [4.78, 5) is 32.7. The molecular weight excluding hydrogens is 372 g/mol. The molecule has 6 nitrogen and oxygen atoms in total. The van der Waals surface area contributed by atoms with Crippen molar-refractivity contribution in [2.24, 2.45) is 0 Å². The normalized spacial score (nSPS) is 15.0. The Hall–Kier alpha value is -2.77. The Balaban J connectivity index is 1.29. The number of amides is 1. The topological polar surface area (TPSA) is 65.5 Å².